The molecule has 0 spiro atoms. The first-order valence-electron chi connectivity index (χ1n) is 7.69. The number of carbonyl (C=O) groups is 1. The maximum absolute atomic E-state index is 12.1. The summed E-state index contributed by atoms with van der Waals surface area (Å²) >= 11 is 2.01. The summed E-state index contributed by atoms with van der Waals surface area (Å²) in [7, 11) is 0. The molecule has 3 saturated carbocycles. The lowest BCUT2D eigenvalue weighted by atomic mass is 9.65. The quantitative estimate of drug-likeness (QED) is 0.909. The number of ether oxygens (including phenoxy) is 1. The summed E-state index contributed by atoms with van der Waals surface area (Å²) < 4.78 is 5.85. The summed E-state index contributed by atoms with van der Waals surface area (Å²) in [6.45, 7) is 0.345. The van der Waals surface area contributed by atoms with Crippen LogP contribution in [0.4, 0.5) is 4.79 Å². The van der Waals surface area contributed by atoms with Crippen molar-refractivity contribution in [3.8, 4) is 0 Å². The Hall–Kier alpha value is -1.16. The summed E-state index contributed by atoms with van der Waals surface area (Å²) in [5.74, 6) is 0. The molecule has 1 amide bonds. The molecule has 3 nitrogen and oxygen atoms in total. The van der Waals surface area contributed by atoms with Crippen molar-refractivity contribution in [1.29, 1.82) is 0 Å². The average molecular weight is 305 g/mol. The Bertz CT molecular complexity index is 478. The summed E-state index contributed by atoms with van der Waals surface area (Å²) in [6.07, 6.45) is 8.88. The van der Waals surface area contributed by atoms with Crippen LogP contribution in [0.5, 0.6) is 0 Å². The lowest BCUT2D eigenvalue weighted by molar-refractivity contribution is 0.0897. The monoisotopic (exact) mass is 305 g/mol. The van der Waals surface area contributed by atoms with Gasteiger partial charge < -0.3 is 10.1 Å². The summed E-state index contributed by atoms with van der Waals surface area (Å²) in [4.78, 5) is 12.1. The average Bonchev–Trinajstić information content (AvgIpc) is 2.55. The highest BCUT2D eigenvalue weighted by Crippen LogP contribution is 2.52. The molecule has 1 aromatic rings. The van der Waals surface area contributed by atoms with Crippen molar-refractivity contribution >= 4 is 17.9 Å². The van der Waals surface area contributed by atoms with Crippen LogP contribution >= 0.6 is 11.8 Å². The Morgan fingerprint density at radius 2 is 1.76 bits per heavy atom. The number of alkyl carbamates (subject to hydrolysis) is 1. The number of thioether (sulfide) groups is 1. The highest BCUT2D eigenvalue weighted by Gasteiger charge is 2.49. The second kappa shape index (κ2) is 5.91. The third kappa shape index (κ3) is 3.20. The van der Waals surface area contributed by atoms with Crippen molar-refractivity contribution in [1.82, 2.24) is 5.32 Å². The Labute approximate surface area is 130 Å². The molecule has 0 radical (unpaired) electrons. The van der Waals surface area contributed by atoms with Crippen LogP contribution in [0.1, 0.15) is 44.1 Å². The van der Waals surface area contributed by atoms with Crippen LogP contribution in [-0.2, 0) is 11.3 Å². The van der Waals surface area contributed by atoms with Gasteiger partial charge >= 0.3 is 6.09 Å². The third-order valence-electron chi connectivity index (χ3n) is 5.19. The molecule has 1 aromatic carbocycles. The van der Waals surface area contributed by atoms with Crippen molar-refractivity contribution < 1.29 is 9.53 Å². The fourth-order valence-electron chi connectivity index (χ4n) is 3.62. The zero-order chi connectivity index (χ0) is 14.8. The molecule has 2 bridgehead atoms. The minimum absolute atomic E-state index is 0.00868. The zero-order valence-electron chi connectivity index (χ0n) is 12.6. The second-order valence-electron chi connectivity index (χ2n) is 6.35. The number of rotatable bonds is 4. The number of nitrogens with one attached hydrogen (secondary N) is 1. The first-order chi connectivity index (χ1) is 10.2. The predicted octanol–water partition coefficient (Wildman–Crippen LogP) is 4.12. The van der Waals surface area contributed by atoms with Gasteiger partial charge in [-0.3, -0.25) is 0 Å². The number of carbonyl (C=O) groups excluding carboxylic acids is 1. The van der Waals surface area contributed by atoms with E-state index in [4.69, 9.17) is 4.74 Å². The molecule has 3 aliphatic rings. The van der Waals surface area contributed by atoms with E-state index in [1.54, 1.807) is 0 Å². The van der Waals surface area contributed by atoms with E-state index in [-0.39, 0.29) is 11.6 Å². The van der Waals surface area contributed by atoms with Gasteiger partial charge in [0.1, 0.15) is 6.61 Å². The van der Waals surface area contributed by atoms with Gasteiger partial charge in [-0.25, -0.2) is 4.79 Å². The molecule has 0 aromatic heterocycles. The van der Waals surface area contributed by atoms with Crippen molar-refractivity contribution in [2.75, 3.05) is 6.26 Å². The molecular weight excluding hydrogens is 282 g/mol. The number of fused-ring (bicyclic) bond motifs is 3. The molecule has 0 aliphatic heterocycles. The molecule has 1 N–H and O–H groups in total. The topological polar surface area (TPSA) is 38.3 Å². The van der Waals surface area contributed by atoms with Crippen molar-refractivity contribution in [2.45, 2.75) is 55.4 Å². The van der Waals surface area contributed by atoms with E-state index in [2.05, 4.69) is 11.6 Å². The largest absolute Gasteiger partial charge is 0.445 e. The summed E-state index contributed by atoms with van der Waals surface area (Å²) in [5.41, 5.74) is 1.02. The fraction of sp³-hybridized carbons (Fsp3) is 0.588. The summed E-state index contributed by atoms with van der Waals surface area (Å²) in [5, 5.41) is 3.16. The van der Waals surface area contributed by atoms with Crippen molar-refractivity contribution in [3.05, 3.63) is 35.9 Å². The van der Waals surface area contributed by atoms with Gasteiger partial charge in [0.05, 0.1) is 0 Å². The van der Waals surface area contributed by atoms with E-state index in [0.29, 0.717) is 11.4 Å². The summed E-state index contributed by atoms with van der Waals surface area (Å²) in [6, 6.07) is 9.82. The van der Waals surface area contributed by atoms with Crippen LogP contribution < -0.4 is 5.32 Å². The van der Waals surface area contributed by atoms with E-state index in [9.17, 15) is 4.79 Å². The number of amides is 1. The van der Waals surface area contributed by atoms with E-state index in [1.165, 1.54) is 19.3 Å². The lowest BCUT2D eigenvalue weighted by Crippen LogP contribution is -2.57. The lowest BCUT2D eigenvalue weighted by Gasteiger charge is -2.52. The maximum Gasteiger partial charge on any atom is 0.407 e. The maximum atomic E-state index is 12.1. The van der Waals surface area contributed by atoms with Gasteiger partial charge in [-0.2, -0.15) is 11.8 Å². The first-order valence-corrected chi connectivity index (χ1v) is 8.92. The molecule has 114 valence electrons. The van der Waals surface area contributed by atoms with Crippen LogP contribution in [-0.4, -0.2) is 22.6 Å². The molecule has 21 heavy (non-hydrogen) atoms. The van der Waals surface area contributed by atoms with Crippen LogP contribution in [0.15, 0.2) is 30.3 Å². The second-order valence-corrected chi connectivity index (χ2v) is 7.63. The smallest absolute Gasteiger partial charge is 0.407 e. The first kappa shape index (κ1) is 14.8. The fourth-order valence-corrected chi connectivity index (χ4v) is 4.54. The SMILES string of the molecule is CSC12CCC(NC(=O)OCc3ccccc3)(CC1)CC2. The van der Waals surface area contributed by atoms with Gasteiger partial charge in [-0.15, -0.1) is 0 Å². The van der Waals surface area contributed by atoms with Gasteiger partial charge in [0, 0.05) is 10.3 Å². The van der Waals surface area contributed by atoms with Gasteiger partial charge in [0.2, 0.25) is 0 Å². The van der Waals surface area contributed by atoms with Crippen molar-refractivity contribution in [3.63, 3.8) is 0 Å². The van der Waals surface area contributed by atoms with E-state index in [1.807, 2.05) is 42.1 Å². The molecule has 4 heteroatoms. The normalized spacial score (nSPS) is 30.9. The van der Waals surface area contributed by atoms with E-state index < -0.39 is 0 Å². The highest BCUT2D eigenvalue weighted by atomic mass is 32.2. The molecule has 0 atom stereocenters. The van der Waals surface area contributed by atoms with E-state index in [0.717, 1.165) is 24.8 Å². The van der Waals surface area contributed by atoms with Gasteiger partial charge in [0.25, 0.3) is 0 Å². The molecule has 0 saturated heterocycles. The Kier molecular flexibility index (Phi) is 4.16. The van der Waals surface area contributed by atoms with Crippen LogP contribution in [0.25, 0.3) is 0 Å². The van der Waals surface area contributed by atoms with Gasteiger partial charge in [0.15, 0.2) is 0 Å². The van der Waals surface area contributed by atoms with Crippen LogP contribution in [0.2, 0.25) is 0 Å². The highest BCUT2D eigenvalue weighted by molar-refractivity contribution is 8.00. The van der Waals surface area contributed by atoms with E-state index >= 15 is 0 Å². The van der Waals surface area contributed by atoms with Crippen molar-refractivity contribution in [2.24, 2.45) is 0 Å². The molecular formula is C17H23NO2S. The number of hydrogen-bond acceptors (Lipinski definition) is 3. The van der Waals surface area contributed by atoms with Gasteiger partial charge in [-0.1, -0.05) is 30.3 Å². The standard InChI is InChI=1S/C17H23NO2S/c1-21-17-10-7-16(8-11-17,9-12-17)18-15(19)20-13-14-5-3-2-4-6-14/h2-6H,7-13H2,1H3,(H,18,19). The zero-order valence-corrected chi connectivity index (χ0v) is 13.4. The number of benzene rings is 1. The van der Waals surface area contributed by atoms with Gasteiger partial charge in [-0.05, 0) is 50.3 Å². The molecule has 0 unspecified atom stereocenters. The third-order valence-corrected chi connectivity index (χ3v) is 6.67. The Morgan fingerprint density at radius 3 is 2.33 bits per heavy atom. The predicted molar refractivity (Wildman–Crippen MR) is 86.4 cm³/mol. The minimum atomic E-state index is -0.266. The molecule has 0 heterocycles. The Balaban J connectivity index is 1.52. The Morgan fingerprint density at radius 1 is 1.14 bits per heavy atom. The number of hydrogen-bond donors (Lipinski definition) is 1. The van der Waals surface area contributed by atoms with Crippen LogP contribution in [0, 0.1) is 0 Å². The van der Waals surface area contributed by atoms with Crippen LogP contribution in [0.3, 0.4) is 0 Å². The molecule has 3 fully saturated rings. The molecule has 3 aliphatic carbocycles. The minimum Gasteiger partial charge on any atom is -0.445 e. The molecule has 4 rings (SSSR count).